The SMILES string of the molecule is CCCNC(COCC)C(C)OCC. The van der Waals surface area contributed by atoms with Gasteiger partial charge in [-0.3, -0.25) is 0 Å². The van der Waals surface area contributed by atoms with Gasteiger partial charge in [0.1, 0.15) is 0 Å². The van der Waals surface area contributed by atoms with Gasteiger partial charge < -0.3 is 14.8 Å². The number of hydrogen-bond donors (Lipinski definition) is 1. The molecule has 0 radical (unpaired) electrons. The second-order valence-electron chi connectivity index (χ2n) is 3.38. The Morgan fingerprint density at radius 2 is 1.86 bits per heavy atom. The van der Waals surface area contributed by atoms with Crippen LogP contribution in [0.2, 0.25) is 0 Å². The first kappa shape index (κ1) is 13.9. The van der Waals surface area contributed by atoms with E-state index in [9.17, 15) is 0 Å². The van der Waals surface area contributed by atoms with Gasteiger partial charge in [-0.05, 0) is 33.7 Å². The Morgan fingerprint density at radius 3 is 2.36 bits per heavy atom. The van der Waals surface area contributed by atoms with Crippen LogP contribution < -0.4 is 5.32 Å². The van der Waals surface area contributed by atoms with Crippen molar-refractivity contribution in [1.82, 2.24) is 5.32 Å². The molecule has 0 spiro atoms. The Kier molecular flexibility index (Phi) is 9.35. The first-order valence-corrected chi connectivity index (χ1v) is 5.68. The molecule has 0 aliphatic rings. The van der Waals surface area contributed by atoms with Crippen LogP contribution in [0.25, 0.3) is 0 Å². The summed E-state index contributed by atoms with van der Waals surface area (Å²) in [4.78, 5) is 0. The third kappa shape index (κ3) is 6.35. The molecule has 0 aromatic rings. The number of ether oxygens (including phenoxy) is 2. The highest BCUT2D eigenvalue weighted by atomic mass is 16.5. The topological polar surface area (TPSA) is 30.5 Å². The zero-order valence-electron chi connectivity index (χ0n) is 10.0. The van der Waals surface area contributed by atoms with Crippen molar-refractivity contribution in [3.8, 4) is 0 Å². The molecule has 14 heavy (non-hydrogen) atoms. The zero-order valence-corrected chi connectivity index (χ0v) is 10.0. The number of rotatable bonds is 9. The maximum atomic E-state index is 5.56. The Hall–Kier alpha value is -0.120. The van der Waals surface area contributed by atoms with E-state index in [1.807, 2.05) is 13.8 Å². The predicted molar refractivity (Wildman–Crippen MR) is 59.7 cm³/mol. The smallest absolute Gasteiger partial charge is 0.0722 e. The molecule has 0 amide bonds. The molecule has 2 unspecified atom stereocenters. The molecular formula is C11H25NO2. The van der Waals surface area contributed by atoms with Crippen LogP contribution in [0.1, 0.15) is 34.1 Å². The average molecular weight is 203 g/mol. The lowest BCUT2D eigenvalue weighted by Crippen LogP contribution is -2.43. The van der Waals surface area contributed by atoms with Gasteiger partial charge in [-0.25, -0.2) is 0 Å². The standard InChI is InChI=1S/C11H25NO2/c1-5-8-12-11(9-13-6-2)10(4)14-7-3/h10-12H,5-9H2,1-4H3. The molecule has 0 rings (SSSR count). The molecule has 3 heteroatoms. The van der Waals surface area contributed by atoms with E-state index in [2.05, 4.69) is 19.2 Å². The molecular weight excluding hydrogens is 178 g/mol. The minimum absolute atomic E-state index is 0.220. The molecule has 0 bridgehead atoms. The molecule has 0 fully saturated rings. The number of nitrogens with one attached hydrogen (secondary N) is 1. The van der Waals surface area contributed by atoms with Gasteiger partial charge in [0.05, 0.1) is 18.8 Å². The van der Waals surface area contributed by atoms with Crippen LogP contribution in [0.15, 0.2) is 0 Å². The summed E-state index contributed by atoms with van der Waals surface area (Å²) in [7, 11) is 0. The fourth-order valence-electron chi connectivity index (χ4n) is 1.31. The first-order chi connectivity index (χ1) is 6.76. The fraction of sp³-hybridized carbons (Fsp3) is 1.00. The quantitative estimate of drug-likeness (QED) is 0.620. The van der Waals surface area contributed by atoms with Crippen LogP contribution in [-0.2, 0) is 9.47 Å². The van der Waals surface area contributed by atoms with E-state index in [-0.39, 0.29) is 6.10 Å². The van der Waals surface area contributed by atoms with Crippen LogP contribution in [-0.4, -0.2) is 38.5 Å². The largest absolute Gasteiger partial charge is 0.380 e. The summed E-state index contributed by atoms with van der Waals surface area (Å²) in [6, 6.07) is 0.315. The molecule has 0 aliphatic heterocycles. The third-order valence-corrected chi connectivity index (χ3v) is 2.15. The van der Waals surface area contributed by atoms with Crippen molar-refractivity contribution in [3.05, 3.63) is 0 Å². The number of hydrogen-bond acceptors (Lipinski definition) is 3. The lowest BCUT2D eigenvalue weighted by atomic mass is 10.2. The summed E-state index contributed by atoms with van der Waals surface area (Å²) in [6.07, 6.45) is 1.36. The van der Waals surface area contributed by atoms with E-state index < -0.39 is 0 Å². The van der Waals surface area contributed by atoms with E-state index in [0.29, 0.717) is 6.04 Å². The van der Waals surface area contributed by atoms with Gasteiger partial charge in [-0.1, -0.05) is 6.92 Å². The van der Waals surface area contributed by atoms with Crippen molar-refractivity contribution in [2.75, 3.05) is 26.4 Å². The van der Waals surface area contributed by atoms with Crippen molar-refractivity contribution in [2.24, 2.45) is 0 Å². The highest BCUT2D eigenvalue weighted by molar-refractivity contribution is 4.73. The molecule has 0 saturated carbocycles. The Labute approximate surface area is 88.2 Å². The van der Waals surface area contributed by atoms with Crippen molar-refractivity contribution >= 4 is 0 Å². The third-order valence-electron chi connectivity index (χ3n) is 2.15. The molecule has 3 nitrogen and oxygen atoms in total. The molecule has 0 saturated heterocycles. The van der Waals surface area contributed by atoms with Crippen LogP contribution >= 0.6 is 0 Å². The van der Waals surface area contributed by atoms with E-state index in [1.54, 1.807) is 0 Å². The summed E-state index contributed by atoms with van der Waals surface area (Å²) in [5, 5.41) is 3.44. The molecule has 0 aliphatic carbocycles. The van der Waals surface area contributed by atoms with Crippen LogP contribution in [0.4, 0.5) is 0 Å². The summed E-state index contributed by atoms with van der Waals surface area (Å²) in [6.45, 7) is 11.6. The van der Waals surface area contributed by atoms with Gasteiger partial charge in [-0.2, -0.15) is 0 Å². The second kappa shape index (κ2) is 9.44. The van der Waals surface area contributed by atoms with Gasteiger partial charge in [-0.15, -0.1) is 0 Å². The molecule has 0 aromatic heterocycles. The normalized spacial score (nSPS) is 15.4. The van der Waals surface area contributed by atoms with Crippen LogP contribution in [0.5, 0.6) is 0 Å². The monoisotopic (exact) mass is 203 g/mol. The molecule has 0 aromatic carbocycles. The lowest BCUT2D eigenvalue weighted by Gasteiger charge is -2.24. The van der Waals surface area contributed by atoms with Crippen LogP contribution in [0, 0.1) is 0 Å². The zero-order chi connectivity index (χ0) is 10.8. The van der Waals surface area contributed by atoms with Crippen molar-refractivity contribution < 1.29 is 9.47 Å². The van der Waals surface area contributed by atoms with Crippen molar-refractivity contribution in [1.29, 1.82) is 0 Å². The van der Waals surface area contributed by atoms with Gasteiger partial charge in [0.15, 0.2) is 0 Å². The molecule has 0 heterocycles. The van der Waals surface area contributed by atoms with E-state index in [1.165, 1.54) is 0 Å². The summed E-state index contributed by atoms with van der Waals surface area (Å²) in [5.74, 6) is 0. The highest BCUT2D eigenvalue weighted by Gasteiger charge is 2.16. The van der Waals surface area contributed by atoms with Gasteiger partial charge >= 0.3 is 0 Å². The lowest BCUT2D eigenvalue weighted by molar-refractivity contribution is 0.0128. The predicted octanol–water partition coefficient (Wildman–Crippen LogP) is 1.82. The summed E-state index contributed by atoms with van der Waals surface area (Å²) >= 11 is 0. The summed E-state index contributed by atoms with van der Waals surface area (Å²) in [5.41, 5.74) is 0. The Morgan fingerprint density at radius 1 is 1.14 bits per heavy atom. The van der Waals surface area contributed by atoms with Crippen LogP contribution in [0.3, 0.4) is 0 Å². The second-order valence-corrected chi connectivity index (χ2v) is 3.38. The van der Waals surface area contributed by atoms with E-state index in [0.717, 1.165) is 32.8 Å². The van der Waals surface area contributed by atoms with E-state index >= 15 is 0 Å². The van der Waals surface area contributed by atoms with Gasteiger partial charge in [0.2, 0.25) is 0 Å². The molecule has 2 atom stereocenters. The molecule has 86 valence electrons. The molecule has 1 N–H and O–H groups in total. The Balaban J connectivity index is 3.81. The van der Waals surface area contributed by atoms with Gasteiger partial charge in [0, 0.05) is 13.2 Å². The van der Waals surface area contributed by atoms with Crippen molar-refractivity contribution in [2.45, 2.75) is 46.3 Å². The first-order valence-electron chi connectivity index (χ1n) is 5.68. The summed E-state index contributed by atoms with van der Waals surface area (Å²) < 4.78 is 11.0. The van der Waals surface area contributed by atoms with Crippen molar-refractivity contribution in [3.63, 3.8) is 0 Å². The Bertz CT molecular complexity index is 112. The average Bonchev–Trinajstić information content (AvgIpc) is 2.18. The minimum atomic E-state index is 0.220. The fourth-order valence-corrected chi connectivity index (χ4v) is 1.31. The highest BCUT2D eigenvalue weighted by Crippen LogP contribution is 2.00. The van der Waals surface area contributed by atoms with E-state index in [4.69, 9.17) is 9.47 Å². The maximum Gasteiger partial charge on any atom is 0.0722 e. The minimum Gasteiger partial charge on any atom is -0.380 e. The maximum absolute atomic E-state index is 5.56. The van der Waals surface area contributed by atoms with Gasteiger partial charge in [0.25, 0.3) is 0 Å².